The molecule has 15 heavy (non-hydrogen) atoms. The van der Waals surface area contributed by atoms with Gasteiger partial charge in [0.05, 0.1) is 5.35 Å². The zero-order chi connectivity index (χ0) is 11.4. The van der Waals surface area contributed by atoms with E-state index in [-0.39, 0.29) is 0 Å². The quantitative estimate of drug-likeness (QED) is 0.761. The SMILES string of the molecule is C=C(Cl)/C=c1/c(C)nc(CC)n/c1=C/C. The van der Waals surface area contributed by atoms with Crippen LogP contribution in [0.1, 0.15) is 25.4 Å². The van der Waals surface area contributed by atoms with Gasteiger partial charge in [-0.25, -0.2) is 9.97 Å². The Labute approximate surface area is 95.0 Å². The molecule has 1 heterocycles. The minimum Gasteiger partial charge on any atom is -0.238 e. The van der Waals surface area contributed by atoms with Crippen LogP contribution in [0, 0.1) is 6.92 Å². The third-order valence-electron chi connectivity index (χ3n) is 2.10. The van der Waals surface area contributed by atoms with Crippen LogP contribution in [0.3, 0.4) is 0 Å². The van der Waals surface area contributed by atoms with E-state index in [1.807, 2.05) is 26.8 Å². The van der Waals surface area contributed by atoms with Crippen LogP contribution in [0.5, 0.6) is 0 Å². The molecule has 0 aliphatic carbocycles. The zero-order valence-corrected chi connectivity index (χ0v) is 10.1. The highest BCUT2D eigenvalue weighted by Crippen LogP contribution is 1.96. The molecule has 1 aromatic rings. The van der Waals surface area contributed by atoms with E-state index in [0.717, 1.165) is 28.5 Å². The fourth-order valence-corrected chi connectivity index (χ4v) is 1.49. The lowest BCUT2D eigenvalue weighted by Crippen LogP contribution is -2.33. The van der Waals surface area contributed by atoms with Crippen molar-refractivity contribution in [3.05, 3.63) is 33.7 Å². The van der Waals surface area contributed by atoms with Crippen molar-refractivity contribution in [1.29, 1.82) is 0 Å². The lowest BCUT2D eigenvalue weighted by Gasteiger charge is -2.00. The molecule has 0 bridgehead atoms. The molecule has 0 aromatic carbocycles. The first kappa shape index (κ1) is 11.9. The fraction of sp³-hybridized carbons (Fsp3) is 0.333. The Bertz CT molecular complexity index is 489. The molecule has 0 unspecified atom stereocenters. The molecular weight excluding hydrogens is 208 g/mol. The van der Waals surface area contributed by atoms with E-state index in [1.54, 1.807) is 6.08 Å². The number of allylic oxidation sites excluding steroid dienone is 1. The van der Waals surface area contributed by atoms with Crippen LogP contribution in [0.15, 0.2) is 11.6 Å². The molecule has 0 spiro atoms. The van der Waals surface area contributed by atoms with Gasteiger partial charge >= 0.3 is 0 Å². The predicted molar refractivity (Wildman–Crippen MR) is 65.0 cm³/mol. The van der Waals surface area contributed by atoms with Gasteiger partial charge in [-0.1, -0.05) is 31.2 Å². The van der Waals surface area contributed by atoms with E-state index in [2.05, 4.69) is 16.5 Å². The van der Waals surface area contributed by atoms with Gasteiger partial charge in [-0.05, 0) is 19.9 Å². The van der Waals surface area contributed by atoms with Gasteiger partial charge in [-0.15, -0.1) is 0 Å². The fourth-order valence-electron chi connectivity index (χ4n) is 1.38. The lowest BCUT2D eigenvalue weighted by atomic mass is 10.2. The minimum atomic E-state index is 0.494. The highest BCUT2D eigenvalue weighted by molar-refractivity contribution is 6.33. The first-order valence-electron chi connectivity index (χ1n) is 4.94. The summed E-state index contributed by atoms with van der Waals surface area (Å²) in [6.45, 7) is 9.60. The molecule has 0 fully saturated rings. The molecule has 0 amide bonds. The van der Waals surface area contributed by atoms with Gasteiger partial charge in [0, 0.05) is 22.4 Å². The standard InChI is InChI=1S/C12H15ClN2/c1-5-11-10(7-8(3)13)9(4)14-12(6-2)15-11/h5,7H,3,6H2,1-2,4H3/b10-7-,11-5+. The highest BCUT2D eigenvalue weighted by atomic mass is 35.5. The van der Waals surface area contributed by atoms with E-state index in [0.29, 0.717) is 5.03 Å². The summed E-state index contributed by atoms with van der Waals surface area (Å²) in [5.41, 5.74) is 0.941. The summed E-state index contributed by atoms with van der Waals surface area (Å²) < 4.78 is 0. The topological polar surface area (TPSA) is 25.8 Å². The maximum atomic E-state index is 5.77. The molecule has 1 rings (SSSR count). The summed E-state index contributed by atoms with van der Waals surface area (Å²) in [5.74, 6) is 0.859. The molecule has 0 saturated heterocycles. The second-order valence-electron chi connectivity index (χ2n) is 3.26. The number of rotatable bonds is 2. The van der Waals surface area contributed by atoms with Crippen molar-refractivity contribution < 1.29 is 0 Å². The summed E-state index contributed by atoms with van der Waals surface area (Å²) in [5, 5.41) is 2.37. The molecule has 0 N–H and O–H groups in total. The molecule has 0 aliphatic heterocycles. The minimum absolute atomic E-state index is 0.494. The van der Waals surface area contributed by atoms with Crippen molar-refractivity contribution in [3.63, 3.8) is 0 Å². The number of nitrogens with zero attached hydrogens (tertiary/aromatic N) is 2. The summed E-state index contributed by atoms with van der Waals surface area (Å²) >= 11 is 5.77. The summed E-state index contributed by atoms with van der Waals surface area (Å²) in [6, 6.07) is 0. The average Bonchev–Trinajstić information content (AvgIpc) is 2.20. The van der Waals surface area contributed by atoms with Crippen molar-refractivity contribution in [1.82, 2.24) is 9.97 Å². The van der Waals surface area contributed by atoms with Crippen molar-refractivity contribution in [3.8, 4) is 0 Å². The van der Waals surface area contributed by atoms with Crippen LogP contribution < -0.4 is 10.6 Å². The molecule has 0 radical (unpaired) electrons. The molecule has 0 saturated carbocycles. The van der Waals surface area contributed by atoms with Crippen LogP contribution in [0.25, 0.3) is 12.2 Å². The van der Waals surface area contributed by atoms with Crippen LogP contribution in [0.2, 0.25) is 0 Å². The van der Waals surface area contributed by atoms with E-state index < -0.39 is 0 Å². The molecule has 1 aromatic heterocycles. The summed E-state index contributed by atoms with van der Waals surface area (Å²) in [7, 11) is 0. The Balaban J connectivity index is 3.60. The third-order valence-corrected chi connectivity index (χ3v) is 2.21. The second-order valence-corrected chi connectivity index (χ2v) is 3.74. The Morgan fingerprint density at radius 3 is 2.60 bits per heavy atom. The van der Waals surface area contributed by atoms with Gasteiger partial charge in [-0.2, -0.15) is 0 Å². The van der Waals surface area contributed by atoms with E-state index >= 15 is 0 Å². The highest BCUT2D eigenvalue weighted by Gasteiger charge is 1.98. The number of hydrogen-bond acceptors (Lipinski definition) is 2. The number of hydrogen-bond donors (Lipinski definition) is 0. The van der Waals surface area contributed by atoms with Crippen molar-refractivity contribution >= 4 is 23.8 Å². The zero-order valence-electron chi connectivity index (χ0n) is 9.34. The summed E-state index contributed by atoms with van der Waals surface area (Å²) in [6.07, 6.45) is 4.59. The van der Waals surface area contributed by atoms with Gasteiger partial charge in [0.2, 0.25) is 0 Å². The van der Waals surface area contributed by atoms with E-state index in [4.69, 9.17) is 11.6 Å². The smallest absolute Gasteiger partial charge is 0.129 e. The average molecular weight is 223 g/mol. The second kappa shape index (κ2) is 5.08. The van der Waals surface area contributed by atoms with Gasteiger partial charge in [-0.3, -0.25) is 0 Å². The number of halogens is 1. The van der Waals surface area contributed by atoms with Crippen molar-refractivity contribution in [2.75, 3.05) is 0 Å². The summed E-state index contributed by atoms with van der Waals surface area (Å²) in [4.78, 5) is 8.82. The lowest BCUT2D eigenvalue weighted by molar-refractivity contribution is 0.889. The molecule has 80 valence electrons. The number of aromatic nitrogens is 2. The van der Waals surface area contributed by atoms with E-state index in [9.17, 15) is 0 Å². The van der Waals surface area contributed by atoms with Crippen LogP contribution in [0.4, 0.5) is 0 Å². The molecule has 0 aliphatic rings. The van der Waals surface area contributed by atoms with E-state index in [1.165, 1.54) is 0 Å². The van der Waals surface area contributed by atoms with Crippen LogP contribution >= 0.6 is 11.6 Å². The third kappa shape index (κ3) is 2.90. The molecule has 2 nitrogen and oxygen atoms in total. The Kier molecular flexibility index (Phi) is 4.04. The molecular formula is C12H15ClN2. The Hall–Kier alpha value is -1.15. The monoisotopic (exact) mass is 222 g/mol. The van der Waals surface area contributed by atoms with Crippen LogP contribution in [-0.2, 0) is 6.42 Å². The predicted octanol–water partition coefficient (Wildman–Crippen LogP) is 1.68. The molecule has 0 atom stereocenters. The number of aryl methyl sites for hydroxylation is 2. The first-order valence-corrected chi connectivity index (χ1v) is 5.32. The van der Waals surface area contributed by atoms with Crippen molar-refractivity contribution in [2.45, 2.75) is 27.2 Å². The van der Waals surface area contributed by atoms with Crippen molar-refractivity contribution in [2.24, 2.45) is 0 Å². The molecule has 3 heteroatoms. The van der Waals surface area contributed by atoms with Gasteiger partial charge in [0.25, 0.3) is 0 Å². The Morgan fingerprint density at radius 1 is 1.47 bits per heavy atom. The van der Waals surface area contributed by atoms with Gasteiger partial charge in [0.1, 0.15) is 5.82 Å². The Morgan fingerprint density at radius 2 is 2.13 bits per heavy atom. The van der Waals surface area contributed by atoms with Crippen LogP contribution in [-0.4, -0.2) is 9.97 Å². The maximum Gasteiger partial charge on any atom is 0.129 e. The largest absolute Gasteiger partial charge is 0.238 e. The maximum absolute atomic E-state index is 5.77. The van der Waals surface area contributed by atoms with Gasteiger partial charge in [0.15, 0.2) is 0 Å². The van der Waals surface area contributed by atoms with Gasteiger partial charge < -0.3 is 0 Å². The first-order chi connectivity index (χ1) is 7.08. The normalized spacial score (nSPS) is 13.3.